The Morgan fingerprint density at radius 2 is 1.95 bits per heavy atom. The van der Waals surface area contributed by atoms with Gasteiger partial charge < -0.3 is 10.0 Å². The van der Waals surface area contributed by atoms with Gasteiger partial charge in [0.05, 0.1) is 0 Å². The van der Waals surface area contributed by atoms with E-state index in [1.807, 2.05) is 13.8 Å². The lowest BCUT2D eigenvalue weighted by atomic mass is 9.80. The molecule has 1 aliphatic rings. The molecule has 4 nitrogen and oxygen atoms in total. The molecule has 1 rings (SSSR count). The monoisotopic (exact) mass is 298 g/mol. The van der Waals surface area contributed by atoms with Crippen molar-refractivity contribution in [2.24, 2.45) is 11.3 Å². The van der Waals surface area contributed by atoms with E-state index in [1.165, 1.54) is 6.42 Å². The molecule has 0 aromatic carbocycles. The zero-order valence-electron chi connectivity index (χ0n) is 14.7. The summed E-state index contributed by atoms with van der Waals surface area (Å²) in [6.45, 7) is 16.1. The average Bonchev–Trinajstić information content (AvgIpc) is 2.76. The largest absolute Gasteiger partial charge is 0.480 e. The maximum atomic E-state index is 11.5. The summed E-state index contributed by atoms with van der Waals surface area (Å²) in [5.41, 5.74) is -0.430. The minimum absolute atomic E-state index is 0.183. The molecule has 0 amide bonds. The van der Waals surface area contributed by atoms with Crippen molar-refractivity contribution in [1.82, 2.24) is 10.2 Å². The van der Waals surface area contributed by atoms with Gasteiger partial charge in [-0.15, -0.1) is 0 Å². The summed E-state index contributed by atoms with van der Waals surface area (Å²) in [5.74, 6) is 0.0161. The molecule has 1 fully saturated rings. The number of carboxylic acid groups (broad SMARTS) is 1. The molecule has 0 aliphatic carbocycles. The number of hydrogen-bond donors (Lipinski definition) is 2. The molecule has 124 valence electrons. The predicted molar refractivity (Wildman–Crippen MR) is 87.5 cm³/mol. The average molecular weight is 298 g/mol. The number of aliphatic carboxylic acids is 1. The van der Waals surface area contributed by atoms with Crippen LogP contribution in [0.3, 0.4) is 0 Å². The zero-order chi connectivity index (χ0) is 16.3. The van der Waals surface area contributed by atoms with E-state index in [1.54, 1.807) is 6.92 Å². The number of rotatable bonds is 7. The summed E-state index contributed by atoms with van der Waals surface area (Å²) in [6, 6.07) is 0.183. The van der Waals surface area contributed by atoms with E-state index in [0.717, 1.165) is 32.0 Å². The van der Waals surface area contributed by atoms with Gasteiger partial charge in [0.2, 0.25) is 0 Å². The molecule has 4 heteroatoms. The Balaban J connectivity index is 2.41. The standard InChI is InChI=1S/C17H34N2O2/c1-13(2)18-17(6,15(20)21)9-7-10-19-11-8-14(12-19)16(3,4)5/h13-14,18H,7-12H2,1-6H3,(H,20,21). The normalized spacial score (nSPS) is 23.5. The second-order valence-corrected chi connectivity index (χ2v) is 8.19. The van der Waals surface area contributed by atoms with Gasteiger partial charge in [0.15, 0.2) is 0 Å². The molecule has 21 heavy (non-hydrogen) atoms. The number of carboxylic acids is 1. The quantitative estimate of drug-likeness (QED) is 0.759. The van der Waals surface area contributed by atoms with Crippen LogP contribution in [-0.2, 0) is 4.79 Å². The molecule has 2 N–H and O–H groups in total. The molecule has 0 bridgehead atoms. The van der Waals surface area contributed by atoms with Crippen LogP contribution in [0.1, 0.15) is 60.8 Å². The highest BCUT2D eigenvalue weighted by molar-refractivity contribution is 5.78. The van der Waals surface area contributed by atoms with Gasteiger partial charge in [-0.25, -0.2) is 0 Å². The molecular formula is C17H34N2O2. The Hall–Kier alpha value is -0.610. The lowest BCUT2D eigenvalue weighted by Gasteiger charge is -2.30. The van der Waals surface area contributed by atoms with Gasteiger partial charge in [-0.05, 0) is 64.5 Å². The van der Waals surface area contributed by atoms with Gasteiger partial charge >= 0.3 is 5.97 Å². The topological polar surface area (TPSA) is 52.6 Å². The Morgan fingerprint density at radius 1 is 1.33 bits per heavy atom. The Labute approximate surface area is 130 Å². The van der Waals surface area contributed by atoms with E-state index >= 15 is 0 Å². The number of likely N-dealkylation sites (tertiary alicyclic amines) is 1. The molecule has 2 atom stereocenters. The number of nitrogens with one attached hydrogen (secondary N) is 1. The van der Waals surface area contributed by atoms with Crippen molar-refractivity contribution < 1.29 is 9.90 Å². The van der Waals surface area contributed by atoms with E-state index in [9.17, 15) is 9.90 Å². The molecule has 0 spiro atoms. The van der Waals surface area contributed by atoms with Gasteiger partial charge in [0.1, 0.15) is 5.54 Å². The van der Waals surface area contributed by atoms with E-state index in [4.69, 9.17) is 0 Å². The van der Waals surface area contributed by atoms with E-state index in [2.05, 4.69) is 31.0 Å². The first-order chi connectivity index (χ1) is 9.54. The van der Waals surface area contributed by atoms with Crippen molar-refractivity contribution in [3.05, 3.63) is 0 Å². The lowest BCUT2D eigenvalue weighted by molar-refractivity contribution is -0.144. The van der Waals surface area contributed by atoms with Crippen molar-refractivity contribution in [2.75, 3.05) is 19.6 Å². The van der Waals surface area contributed by atoms with Crippen LogP contribution in [0, 0.1) is 11.3 Å². The number of nitrogens with zero attached hydrogens (tertiary/aromatic N) is 1. The van der Waals surface area contributed by atoms with Crippen LogP contribution in [0.5, 0.6) is 0 Å². The number of hydrogen-bond acceptors (Lipinski definition) is 3. The summed E-state index contributed by atoms with van der Waals surface area (Å²) >= 11 is 0. The van der Waals surface area contributed by atoms with Crippen LogP contribution in [-0.4, -0.2) is 47.2 Å². The maximum absolute atomic E-state index is 11.5. The SMILES string of the molecule is CC(C)NC(C)(CCCN1CCC(C(C)(C)C)C1)C(=O)O. The maximum Gasteiger partial charge on any atom is 0.323 e. The third-order valence-electron chi connectivity index (χ3n) is 4.73. The highest BCUT2D eigenvalue weighted by atomic mass is 16.4. The predicted octanol–water partition coefficient (Wildman–Crippen LogP) is 2.98. The van der Waals surface area contributed by atoms with Gasteiger partial charge in [-0.1, -0.05) is 20.8 Å². The summed E-state index contributed by atoms with van der Waals surface area (Å²) in [6.07, 6.45) is 2.88. The molecule has 0 saturated carbocycles. The second kappa shape index (κ2) is 7.10. The first-order valence-electron chi connectivity index (χ1n) is 8.28. The molecule has 0 aromatic heterocycles. The van der Waals surface area contributed by atoms with E-state index in [0.29, 0.717) is 11.8 Å². The van der Waals surface area contributed by atoms with Crippen molar-refractivity contribution in [1.29, 1.82) is 0 Å². The van der Waals surface area contributed by atoms with Gasteiger partial charge in [-0.2, -0.15) is 0 Å². The summed E-state index contributed by atoms with van der Waals surface area (Å²) in [7, 11) is 0. The third-order valence-corrected chi connectivity index (χ3v) is 4.73. The fraction of sp³-hybridized carbons (Fsp3) is 0.941. The summed E-state index contributed by atoms with van der Waals surface area (Å²) in [4.78, 5) is 14.0. The van der Waals surface area contributed by atoms with Crippen LogP contribution in [0.25, 0.3) is 0 Å². The molecule has 0 radical (unpaired) electrons. The second-order valence-electron chi connectivity index (χ2n) is 8.19. The highest BCUT2D eigenvalue weighted by Gasteiger charge is 2.34. The first-order valence-corrected chi connectivity index (χ1v) is 8.28. The van der Waals surface area contributed by atoms with Crippen molar-refractivity contribution in [3.63, 3.8) is 0 Å². The molecule has 1 saturated heterocycles. The highest BCUT2D eigenvalue weighted by Crippen LogP contribution is 2.33. The Morgan fingerprint density at radius 3 is 2.38 bits per heavy atom. The van der Waals surface area contributed by atoms with Crippen LogP contribution in [0.4, 0.5) is 0 Å². The van der Waals surface area contributed by atoms with Crippen molar-refractivity contribution >= 4 is 5.97 Å². The molecule has 1 aliphatic heterocycles. The molecular weight excluding hydrogens is 264 g/mol. The summed E-state index contributed by atoms with van der Waals surface area (Å²) < 4.78 is 0. The van der Waals surface area contributed by atoms with Crippen LogP contribution >= 0.6 is 0 Å². The van der Waals surface area contributed by atoms with Crippen LogP contribution in [0.2, 0.25) is 0 Å². The van der Waals surface area contributed by atoms with Crippen molar-refractivity contribution in [2.45, 2.75) is 72.4 Å². The zero-order valence-corrected chi connectivity index (χ0v) is 14.7. The van der Waals surface area contributed by atoms with Crippen LogP contribution < -0.4 is 5.32 Å². The van der Waals surface area contributed by atoms with Crippen molar-refractivity contribution in [3.8, 4) is 0 Å². The fourth-order valence-corrected chi connectivity index (χ4v) is 3.28. The van der Waals surface area contributed by atoms with E-state index < -0.39 is 11.5 Å². The fourth-order valence-electron chi connectivity index (χ4n) is 3.28. The third kappa shape index (κ3) is 5.59. The molecule has 0 aromatic rings. The molecule has 2 unspecified atom stereocenters. The van der Waals surface area contributed by atoms with Crippen LogP contribution in [0.15, 0.2) is 0 Å². The molecule has 1 heterocycles. The minimum Gasteiger partial charge on any atom is -0.480 e. The Bertz CT molecular complexity index is 349. The lowest BCUT2D eigenvalue weighted by Crippen LogP contribution is -2.52. The van der Waals surface area contributed by atoms with Gasteiger partial charge in [-0.3, -0.25) is 10.1 Å². The van der Waals surface area contributed by atoms with E-state index in [-0.39, 0.29) is 6.04 Å². The van der Waals surface area contributed by atoms with Gasteiger partial charge in [0, 0.05) is 12.6 Å². The number of carbonyl (C=O) groups is 1. The first kappa shape index (κ1) is 18.4. The Kier molecular flexibility index (Phi) is 6.23. The minimum atomic E-state index is -0.808. The summed E-state index contributed by atoms with van der Waals surface area (Å²) in [5, 5.41) is 12.6. The smallest absolute Gasteiger partial charge is 0.323 e. The van der Waals surface area contributed by atoms with Gasteiger partial charge in [0.25, 0.3) is 0 Å².